The van der Waals surface area contributed by atoms with Gasteiger partial charge >= 0.3 is 0 Å². The summed E-state index contributed by atoms with van der Waals surface area (Å²) in [6.07, 6.45) is 0.927. The van der Waals surface area contributed by atoms with Gasteiger partial charge < -0.3 is 25.7 Å². The standard InChI is InChI=1S/C19H23N7O/c1-11-8-17(20-2)26-19(22-11)23-12-4-5-16(27-3)13(9-12)18-24-14-6-7-21-10-15(14)25-18/h4-5,8-9,21H,6-7,10H2,1-3H3,(H,24,25)(H2,20,22,23,26). The van der Waals surface area contributed by atoms with Crippen LogP contribution in [0.25, 0.3) is 11.4 Å². The summed E-state index contributed by atoms with van der Waals surface area (Å²) in [5, 5.41) is 9.67. The molecule has 0 spiro atoms. The van der Waals surface area contributed by atoms with Crippen molar-refractivity contribution in [1.29, 1.82) is 0 Å². The van der Waals surface area contributed by atoms with E-state index in [9.17, 15) is 0 Å². The molecule has 0 radical (unpaired) electrons. The largest absolute Gasteiger partial charge is 0.496 e. The molecular formula is C19H23N7O. The number of nitrogens with zero attached hydrogens (tertiary/aromatic N) is 3. The van der Waals surface area contributed by atoms with E-state index in [1.54, 1.807) is 7.11 Å². The molecular weight excluding hydrogens is 342 g/mol. The van der Waals surface area contributed by atoms with Gasteiger partial charge in [-0.2, -0.15) is 4.98 Å². The number of hydrogen-bond acceptors (Lipinski definition) is 7. The van der Waals surface area contributed by atoms with Gasteiger partial charge in [-0.25, -0.2) is 9.97 Å². The van der Waals surface area contributed by atoms with Crippen LogP contribution in [0.2, 0.25) is 0 Å². The fraction of sp³-hybridized carbons (Fsp3) is 0.316. The van der Waals surface area contributed by atoms with Gasteiger partial charge in [0.2, 0.25) is 5.95 Å². The number of hydrogen-bond donors (Lipinski definition) is 4. The Balaban J connectivity index is 1.69. The summed E-state index contributed by atoms with van der Waals surface area (Å²) in [6.45, 7) is 3.70. The van der Waals surface area contributed by atoms with Gasteiger partial charge in [0.15, 0.2) is 0 Å². The van der Waals surface area contributed by atoms with Crippen LogP contribution in [0.1, 0.15) is 17.1 Å². The zero-order valence-electron chi connectivity index (χ0n) is 15.7. The normalized spacial score (nSPS) is 13.1. The van der Waals surface area contributed by atoms with Crippen LogP contribution in [0.4, 0.5) is 17.5 Å². The zero-order valence-corrected chi connectivity index (χ0v) is 15.7. The third-order valence-electron chi connectivity index (χ3n) is 4.53. The third-order valence-corrected chi connectivity index (χ3v) is 4.53. The number of aryl methyl sites for hydroxylation is 1. The van der Waals surface area contributed by atoms with E-state index >= 15 is 0 Å². The number of aromatic nitrogens is 4. The number of anilines is 3. The van der Waals surface area contributed by atoms with Crippen molar-refractivity contribution >= 4 is 17.5 Å². The van der Waals surface area contributed by atoms with Crippen LogP contribution in [0.3, 0.4) is 0 Å². The van der Waals surface area contributed by atoms with Crippen molar-refractivity contribution in [1.82, 2.24) is 25.3 Å². The number of rotatable bonds is 5. The third kappa shape index (κ3) is 3.56. The minimum Gasteiger partial charge on any atom is -0.496 e. The second kappa shape index (κ2) is 7.24. The maximum Gasteiger partial charge on any atom is 0.229 e. The van der Waals surface area contributed by atoms with Crippen molar-refractivity contribution < 1.29 is 4.74 Å². The summed E-state index contributed by atoms with van der Waals surface area (Å²) in [5.41, 5.74) is 4.91. The van der Waals surface area contributed by atoms with Gasteiger partial charge in [0, 0.05) is 44.0 Å². The Morgan fingerprint density at radius 3 is 2.81 bits per heavy atom. The quantitative estimate of drug-likeness (QED) is 0.551. The van der Waals surface area contributed by atoms with Crippen LogP contribution >= 0.6 is 0 Å². The summed E-state index contributed by atoms with van der Waals surface area (Å²) in [4.78, 5) is 17.1. The number of methoxy groups -OCH3 is 1. The van der Waals surface area contributed by atoms with Crippen LogP contribution < -0.4 is 20.7 Å². The molecule has 1 aliphatic rings. The van der Waals surface area contributed by atoms with Gasteiger partial charge in [0.25, 0.3) is 0 Å². The molecule has 0 saturated carbocycles. The van der Waals surface area contributed by atoms with E-state index in [0.29, 0.717) is 5.95 Å². The maximum absolute atomic E-state index is 5.55. The molecule has 0 fully saturated rings. The Morgan fingerprint density at radius 2 is 2.04 bits per heavy atom. The van der Waals surface area contributed by atoms with Crippen molar-refractivity contribution in [3.8, 4) is 17.1 Å². The highest BCUT2D eigenvalue weighted by Gasteiger charge is 2.17. The minimum atomic E-state index is 0.540. The average molecular weight is 365 g/mol. The molecule has 0 bridgehead atoms. The van der Waals surface area contributed by atoms with Crippen molar-refractivity contribution in [2.75, 3.05) is 31.3 Å². The molecule has 0 saturated heterocycles. The summed E-state index contributed by atoms with van der Waals surface area (Å²) in [6, 6.07) is 7.76. The van der Waals surface area contributed by atoms with Gasteiger partial charge in [0.1, 0.15) is 17.4 Å². The number of fused-ring (bicyclic) bond motifs is 1. The first-order valence-corrected chi connectivity index (χ1v) is 8.93. The van der Waals surface area contributed by atoms with Crippen LogP contribution in [-0.2, 0) is 13.0 Å². The first kappa shape index (κ1) is 17.3. The highest BCUT2D eigenvalue weighted by molar-refractivity contribution is 5.72. The predicted octanol–water partition coefficient (Wildman–Crippen LogP) is 2.61. The lowest BCUT2D eigenvalue weighted by molar-refractivity contribution is 0.416. The fourth-order valence-corrected chi connectivity index (χ4v) is 3.20. The SMILES string of the molecule is CNc1cc(C)nc(Nc2ccc(OC)c(-c3nc4c([nH]3)CNCC4)c2)n1. The maximum atomic E-state index is 5.55. The highest BCUT2D eigenvalue weighted by Crippen LogP contribution is 2.32. The van der Waals surface area contributed by atoms with Gasteiger partial charge in [-0.3, -0.25) is 0 Å². The van der Waals surface area contributed by atoms with Gasteiger partial charge in [-0.1, -0.05) is 0 Å². The van der Waals surface area contributed by atoms with E-state index in [-0.39, 0.29) is 0 Å². The van der Waals surface area contributed by atoms with Gasteiger partial charge in [-0.15, -0.1) is 0 Å². The van der Waals surface area contributed by atoms with Crippen LogP contribution in [0.5, 0.6) is 5.75 Å². The zero-order chi connectivity index (χ0) is 18.8. The molecule has 4 rings (SSSR count). The average Bonchev–Trinajstić information content (AvgIpc) is 3.11. The molecule has 27 heavy (non-hydrogen) atoms. The van der Waals surface area contributed by atoms with E-state index in [4.69, 9.17) is 9.72 Å². The second-order valence-corrected chi connectivity index (χ2v) is 6.45. The highest BCUT2D eigenvalue weighted by atomic mass is 16.5. The molecule has 4 N–H and O–H groups in total. The van der Waals surface area contributed by atoms with Crippen molar-refractivity contribution in [3.05, 3.63) is 41.3 Å². The Kier molecular flexibility index (Phi) is 4.64. The van der Waals surface area contributed by atoms with Crippen molar-refractivity contribution in [3.63, 3.8) is 0 Å². The molecule has 8 heteroatoms. The summed E-state index contributed by atoms with van der Waals surface area (Å²) in [7, 11) is 3.50. The number of ether oxygens (including phenoxy) is 1. The van der Waals surface area contributed by atoms with E-state index in [0.717, 1.165) is 65.2 Å². The fourth-order valence-electron chi connectivity index (χ4n) is 3.20. The molecule has 140 valence electrons. The van der Waals surface area contributed by atoms with Crippen LogP contribution in [-0.4, -0.2) is 40.6 Å². The Labute approximate surface area is 157 Å². The van der Waals surface area contributed by atoms with E-state index in [1.165, 1.54) is 0 Å². The monoisotopic (exact) mass is 365 g/mol. The topological polar surface area (TPSA) is 99.8 Å². The Hall–Kier alpha value is -3.13. The molecule has 0 aliphatic carbocycles. The lowest BCUT2D eigenvalue weighted by Crippen LogP contribution is -2.23. The Bertz CT molecular complexity index is 943. The molecule has 0 unspecified atom stereocenters. The molecule has 8 nitrogen and oxygen atoms in total. The molecule has 0 amide bonds. The van der Waals surface area contributed by atoms with E-state index in [1.807, 2.05) is 38.2 Å². The van der Waals surface area contributed by atoms with Crippen LogP contribution in [0, 0.1) is 6.92 Å². The number of nitrogens with one attached hydrogen (secondary N) is 4. The lowest BCUT2D eigenvalue weighted by Gasteiger charge is -2.11. The summed E-state index contributed by atoms with van der Waals surface area (Å²) >= 11 is 0. The van der Waals surface area contributed by atoms with E-state index < -0.39 is 0 Å². The van der Waals surface area contributed by atoms with Gasteiger partial charge in [-0.05, 0) is 25.1 Å². The predicted molar refractivity (Wildman–Crippen MR) is 106 cm³/mol. The first-order chi connectivity index (χ1) is 13.2. The lowest BCUT2D eigenvalue weighted by atomic mass is 10.1. The van der Waals surface area contributed by atoms with Gasteiger partial charge in [0.05, 0.1) is 24.1 Å². The minimum absolute atomic E-state index is 0.540. The molecule has 3 heterocycles. The number of aromatic amines is 1. The summed E-state index contributed by atoms with van der Waals surface area (Å²) < 4.78 is 5.55. The van der Waals surface area contributed by atoms with E-state index in [2.05, 4.69) is 30.9 Å². The number of benzene rings is 1. The molecule has 3 aromatic rings. The number of H-pyrrole nitrogens is 1. The van der Waals surface area contributed by atoms with Crippen molar-refractivity contribution in [2.45, 2.75) is 19.9 Å². The second-order valence-electron chi connectivity index (χ2n) is 6.45. The number of imidazole rings is 1. The Morgan fingerprint density at radius 1 is 1.15 bits per heavy atom. The van der Waals surface area contributed by atoms with Crippen LogP contribution in [0.15, 0.2) is 24.3 Å². The summed E-state index contributed by atoms with van der Waals surface area (Å²) in [5.74, 6) is 2.88. The molecule has 0 atom stereocenters. The van der Waals surface area contributed by atoms with Crippen molar-refractivity contribution in [2.24, 2.45) is 0 Å². The molecule has 2 aromatic heterocycles. The molecule has 1 aliphatic heterocycles. The first-order valence-electron chi connectivity index (χ1n) is 8.93. The smallest absolute Gasteiger partial charge is 0.229 e. The molecule has 1 aromatic carbocycles.